The van der Waals surface area contributed by atoms with Gasteiger partial charge >= 0.3 is 0 Å². The highest BCUT2D eigenvalue weighted by Gasteiger charge is 2.26. The number of nitrogens with zero attached hydrogens (tertiary/aromatic N) is 1. The number of hydrogen-bond acceptors (Lipinski definition) is 1. The Morgan fingerprint density at radius 3 is 2.64 bits per heavy atom. The first-order valence-corrected chi connectivity index (χ1v) is 5.32. The van der Waals surface area contributed by atoms with E-state index in [1.54, 1.807) is 0 Å². The number of aryl methyl sites for hydroxylation is 1. The lowest BCUT2D eigenvalue weighted by Gasteiger charge is -2.21. The van der Waals surface area contributed by atoms with Gasteiger partial charge in [0.2, 0.25) is 0 Å². The summed E-state index contributed by atoms with van der Waals surface area (Å²) in [7, 11) is 0. The number of aromatic nitrogens is 2. The van der Waals surface area contributed by atoms with Crippen LogP contribution in [-0.2, 0) is 18.4 Å². The topological polar surface area (TPSA) is 37.8 Å². The molecule has 78 valence electrons. The van der Waals surface area contributed by atoms with Crippen molar-refractivity contribution in [3.63, 3.8) is 0 Å². The van der Waals surface area contributed by atoms with Crippen LogP contribution in [0.15, 0.2) is 4.79 Å². The minimum Gasteiger partial charge on any atom is -0.289 e. The number of H-pyrrole nitrogens is 1. The molecule has 1 N–H and O–H groups in total. The lowest BCUT2D eigenvalue weighted by atomic mass is 9.85. The van der Waals surface area contributed by atoms with E-state index in [0.717, 1.165) is 18.5 Å². The summed E-state index contributed by atoms with van der Waals surface area (Å²) in [6, 6.07) is 0. The Kier molecular flexibility index (Phi) is 2.05. The lowest BCUT2D eigenvalue weighted by Crippen LogP contribution is -2.22. The van der Waals surface area contributed by atoms with Gasteiger partial charge in [0.05, 0.1) is 0 Å². The van der Waals surface area contributed by atoms with E-state index in [9.17, 15) is 4.79 Å². The van der Waals surface area contributed by atoms with E-state index in [2.05, 4.69) is 25.9 Å². The van der Waals surface area contributed by atoms with Crippen LogP contribution in [-0.4, -0.2) is 9.78 Å². The van der Waals surface area contributed by atoms with Crippen molar-refractivity contribution in [1.29, 1.82) is 0 Å². The van der Waals surface area contributed by atoms with Gasteiger partial charge in [0, 0.05) is 17.8 Å². The number of hydrogen-bond donors (Lipinski definition) is 1. The molecule has 0 amide bonds. The Balaban J connectivity index is 2.59. The summed E-state index contributed by atoms with van der Waals surface area (Å²) >= 11 is 0. The summed E-state index contributed by atoms with van der Waals surface area (Å²) in [6.45, 7) is 7.29. The molecule has 1 aromatic heterocycles. The van der Waals surface area contributed by atoms with Gasteiger partial charge in [-0.25, -0.2) is 0 Å². The Bertz CT molecular complexity index is 392. The predicted octanol–water partition coefficient (Wildman–Crippen LogP) is 1.81. The summed E-state index contributed by atoms with van der Waals surface area (Å²) in [5.41, 5.74) is 2.28. The fourth-order valence-corrected chi connectivity index (χ4v) is 2.30. The largest absolute Gasteiger partial charge is 0.289 e. The van der Waals surface area contributed by atoms with Gasteiger partial charge in [-0.1, -0.05) is 20.8 Å². The van der Waals surface area contributed by atoms with E-state index in [0.29, 0.717) is 0 Å². The van der Waals surface area contributed by atoms with Crippen LogP contribution in [0.3, 0.4) is 0 Å². The van der Waals surface area contributed by atoms with Crippen LogP contribution < -0.4 is 5.56 Å². The minimum absolute atomic E-state index is 0.0362. The first-order chi connectivity index (χ1) is 6.50. The third kappa shape index (κ3) is 1.41. The maximum absolute atomic E-state index is 11.8. The van der Waals surface area contributed by atoms with Gasteiger partial charge in [0.15, 0.2) is 0 Å². The molecular formula is C11H18N2O. The van der Waals surface area contributed by atoms with Crippen LogP contribution in [0.4, 0.5) is 0 Å². The van der Waals surface area contributed by atoms with Gasteiger partial charge in [-0.2, -0.15) is 0 Å². The zero-order chi connectivity index (χ0) is 10.3. The van der Waals surface area contributed by atoms with E-state index in [1.807, 2.05) is 4.68 Å². The second-order valence-corrected chi connectivity index (χ2v) is 5.12. The van der Waals surface area contributed by atoms with E-state index in [4.69, 9.17) is 0 Å². The molecule has 0 aliphatic carbocycles. The van der Waals surface area contributed by atoms with Crippen molar-refractivity contribution in [3.8, 4) is 0 Å². The minimum atomic E-state index is -0.0362. The first kappa shape index (κ1) is 9.56. The van der Waals surface area contributed by atoms with Gasteiger partial charge in [-0.05, 0) is 24.7 Å². The van der Waals surface area contributed by atoms with Crippen LogP contribution >= 0.6 is 0 Å². The van der Waals surface area contributed by atoms with Gasteiger partial charge in [0.25, 0.3) is 5.56 Å². The molecule has 0 bridgehead atoms. The zero-order valence-electron chi connectivity index (χ0n) is 9.18. The Labute approximate surface area is 84.1 Å². The molecule has 3 nitrogen and oxygen atoms in total. The molecule has 0 saturated carbocycles. The molecule has 0 radical (unpaired) electrons. The Hall–Kier alpha value is -0.990. The molecule has 1 aliphatic heterocycles. The maximum atomic E-state index is 11.8. The van der Waals surface area contributed by atoms with Crippen molar-refractivity contribution in [2.24, 2.45) is 0 Å². The molecule has 0 atom stereocenters. The van der Waals surface area contributed by atoms with Crippen molar-refractivity contribution in [2.75, 3.05) is 0 Å². The van der Waals surface area contributed by atoms with Crippen molar-refractivity contribution in [2.45, 2.75) is 52.0 Å². The summed E-state index contributed by atoms with van der Waals surface area (Å²) < 4.78 is 2.03. The molecule has 0 saturated heterocycles. The summed E-state index contributed by atoms with van der Waals surface area (Å²) in [5.74, 6) is 0. The molecule has 0 unspecified atom stereocenters. The van der Waals surface area contributed by atoms with Crippen molar-refractivity contribution < 1.29 is 0 Å². The smallest absolute Gasteiger partial charge is 0.268 e. The molecule has 1 aromatic rings. The lowest BCUT2D eigenvalue weighted by molar-refractivity contribution is 0.475. The van der Waals surface area contributed by atoms with Gasteiger partial charge in [0.1, 0.15) is 0 Å². The number of fused-ring (bicyclic) bond motifs is 1. The quantitative estimate of drug-likeness (QED) is 0.672. The summed E-state index contributed by atoms with van der Waals surface area (Å²) in [6.07, 6.45) is 3.44. The third-order valence-electron chi connectivity index (χ3n) is 2.87. The highest BCUT2D eigenvalue weighted by Crippen LogP contribution is 2.25. The average molecular weight is 194 g/mol. The standard InChI is InChI=1S/C11H18N2O/c1-11(2,3)9-8-6-4-5-7-13(8)12-10(9)14/h4-7H2,1-3H3,(H,12,14). The maximum Gasteiger partial charge on any atom is 0.268 e. The fourth-order valence-electron chi connectivity index (χ4n) is 2.30. The van der Waals surface area contributed by atoms with Gasteiger partial charge in [-0.15, -0.1) is 0 Å². The van der Waals surface area contributed by atoms with E-state index in [-0.39, 0.29) is 11.0 Å². The Morgan fingerprint density at radius 2 is 2.00 bits per heavy atom. The summed E-state index contributed by atoms with van der Waals surface area (Å²) in [4.78, 5) is 11.8. The fraction of sp³-hybridized carbons (Fsp3) is 0.727. The van der Waals surface area contributed by atoms with Gasteiger partial charge < -0.3 is 0 Å². The number of nitrogens with one attached hydrogen (secondary N) is 1. The van der Waals surface area contributed by atoms with Crippen molar-refractivity contribution in [1.82, 2.24) is 9.78 Å². The van der Waals surface area contributed by atoms with Crippen LogP contribution in [0.25, 0.3) is 0 Å². The molecule has 0 fully saturated rings. The number of aromatic amines is 1. The average Bonchev–Trinajstić information content (AvgIpc) is 2.38. The van der Waals surface area contributed by atoms with E-state index < -0.39 is 0 Å². The molecule has 2 rings (SSSR count). The van der Waals surface area contributed by atoms with Crippen molar-refractivity contribution >= 4 is 0 Å². The summed E-state index contributed by atoms with van der Waals surface area (Å²) in [5, 5.41) is 2.93. The van der Waals surface area contributed by atoms with Crippen LogP contribution in [0, 0.1) is 0 Å². The molecule has 3 heteroatoms. The molecule has 0 aromatic carbocycles. The first-order valence-electron chi connectivity index (χ1n) is 5.32. The highest BCUT2D eigenvalue weighted by atomic mass is 16.1. The van der Waals surface area contributed by atoms with E-state index in [1.165, 1.54) is 18.5 Å². The molecule has 14 heavy (non-hydrogen) atoms. The predicted molar refractivity (Wildman–Crippen MR) is 56.7 cm³/mol. The second-order valence-electron chi connectivity index (χ2n) is 5.12. The highest BCUT2D eigenvalue weighted by molar-refractivity contribution is 5.26. The van der Waals surface area contributed by atoms with Crippen LogP contribution in [0.5, 0.6) is 0 Å². The Morgan fingerprint density at radius 1 is 1.29 bits per heavy atom. The normalized spacial score (nSPS) is 16.8. The van der Waals surface area contributed by atoms with E-state index >= 15 is 0 Å². The molecule has 0 spiro atoms. The number of rotatable bonds is 0. The van der Waals surface area contributed by atoms with Crippen molar-refractivity contribution in [3.05, 3.63) is 21.6 Å². The zero-order valence-corrected chi connectivity index (χ0v) is 9.18. The molecule has 2 heterocycles. The van der Waals surface area contributed by atoms with Crippen LogP contribution in [0.1, 0.15) is 44.9 Å². The monoisotopic (exact) mass is 194 g/mol. The van der Waals surface area contributed by atoms with Crippen LogP contribution in [0.2, 0.25) is 0 Å². The SMILES string of the molecule is CC(C)(C)c1c2n([nH]c1=O)CCCC2. The van der Waals surface area contributed by atoms with Gasteiger partial charge in [-0.3, -0.25) is 14.6 Å². The third-order valence-corrected chi connectivity index (χ3v) is 2.87. The second kappa shape index (κ2) is 3.01. The molecular weight excluding hydrogens is 176 g/mol. The molecule has 1 aliphatic rings.